The maximum Gasteiger partial charge on any atom is 0.221 e. The molecule has 0 spiro atoms. The number of carbonyl (C=O) groups is 1. The SMILES string of the molecule is COc1cc(OCCC2COCCO2)cc(-c2ccc(NC(C)=O)cc2)c1. The third kappa shape index (κ3) is 5.70. The van der Waals surface area contributed by atoms with Gasteiger partial charge in [-0.05, 0) is 35.4 Å². The van der Waals surface area contributed by atoms with Crippen LogP contribution in [0, 0.1) is 0 Å². The summed E-state index contributed by atoms with van der Waals surface area (Å²) in [6.45, 7) is 3.96. The molecule has 6 heteroatoms. The molecule has 0 aliphatic carbocycles. The van der Waals surface area contributed by atoms with Gasteiger partial charge in [0, 0.05) is 25.1 Å². The lowest BCUT2D eigenvalue weighted by Gasteiger charge is -2.22. The van der Waals surface area contributed by atoms with Crippen LogP contribution >= 0.6 is 0 Å². The molecular weight excluding hydrogens is 346 g/mol. The van der Waals surface area contributed by atoms with Crippen molar-refractivity contribution in [2.75, 3.05) is 38.9 Å². The summed E-state index contributed by atoms with van der Waals surface area (Å²) < 4.78 is 22.4. The van der Waals surface area contributed by atoms with Crippen LogP contribution in [0.2, 0.25) is 0 Å². The van der Waals surface area contributed by atoms with Gasteiger partial charge in [-0.15, -0.1) is 0 Å². The van der Waals surface area contributed by atoms with E-state index in [9.17, 15) is 4.79 Å². The average molecular weight is 371 g/mol. The largest absolute Gasteiger partial charge is 0.497 e. The zero-order valence-electron chi connectivity index (χ0n) is 15.7. The van der Waals surface area contributed by atoms with Crippen molar-refractivity contribution >= 4 is 11.6 Å². The summed E-state index contributed by atoms with van der Waals surface area (Å²) >= 11 is 0. The fourth-order valence-electron chi connectivity index (χ4n) is 2.90. The summed E-state index contributed by atoms with van der Waals surface area (Å²) in [4.78, 5) is 11.2. The Balaban J connectivity index is 1.68. The van der Waals surface area contributed by atoms with Crippen LogP contribution in [-0.4, -0.2) is 45.5 Å². The minimum Gasteiger partial charge on any atom is -0.497 e. The van der Waals surface area contributed by atoms with E-state index < -0.39 is 0 Å². The van der Waals surface area contributed by atoms with Gasteiger partial charge in [-0.3, -0.25) is 4.79 Å². The number of methoxy groups -OCH3 is 1. The summed E-state index contributed by atoms with van der Waals surface area (Å²) in [7, 11) is 1.63. The molecule has 2 aromatic carbocycles. The number of nitrogens with one attached hydrogen (secondary N) is 1. The van der Waals surface area contributed by atoms with Gasteiger partial charge < -0.3 is 24.3 Å². The molecule has 0 radical (unpaired) electrons. The molecule has 27 heavy (non-hydrogen) atoms. The number of hydrogen-bond donors (Lipinski definition) is 1. The second-order valence-electron chi connectivity index (χ2n) is 6.36. The van der Waals surface area contributed by atoms with Crippen molar-refractivity contribution in [1.82, 2.24) is 0 Å². The van der Waals surface area contributed by atoms with Crippen molar-refractivity contribution in [3.63, 3.8) is 0 Å². The first-order chi connectivity index (χ1) is 13.1. The molecule has 1 fully saturated rings. The molecule has 1 aliphatic heterocycles. The van der Waals surface area contributed by atoms with Gasteiger partial charge in [0.2, 0.25) is 5.91 Å². The Labute approximate surface area is 159 Å². The van der Waals surface area contributed by atoms with Gasteiger partial charge >= 0.3 is 0 Å². The second-order valence-corrected chi connectivity index (χ2v) is 6.36. The van der Waals surface area contributed by atoms with Crippen LogP contribution in [-0.2, 0) is 14.3 Å². The van der Waals surface area contributed by atoms with Crippen LogP contribution in [0.1, 0.15) is 13.3 Å². The van der Waals surface area contributed by atoms with Crippen LogP contribution < -0.4 is 14.8 Å². The summed E-state index contributed by atoms with van der Waals surface area (Å²) in [5.41, 5.74) is 2.76. The van der Waals surface area contributed by atoms with Crippen molar-refractivity contribution in [2.45, 2.75) is 19.4 Å². The van der Waals surface area contributed by atoms with Crippen LogP contribution in [0.25, 0.3) is 11.1 Å². The lowest BCUT2D eigenvalue weighted by Crippen LogP contribution is -2.29. The molecule has 1 aliphatic rings. The van der Waals surface area contributed by atoms with Crippen molar-refractivity contribution < 1.29 is 23.7 Å². The molecule has 1 saturated heterocycles. The zero-order valence-corrected chi connectivity index (χ0v) is 15.7. The van der Waals surface area contributed by atoms with E-state index in [2.05, 4.69) is 5.32 Å². The predicted molar refractivity (Wildman–Crippen MR) is 103 cm³/mol. The second kappa shape index (κ2) is 9.39. The molecule has 0 saturated carbocycles. The van der Waals surface area contributed by atoms with E-state index >= 15 is 0 Å². The Bertz CT molecular complexity index is 754. The Morgan fingerprint density at radius 2 is 1.89 bits per heavy atom. The van der Waals surface area contributed by atoms with Crippen LogP contribution in [0.15, 0.2) is 42.5 Å². The highest BCUT2D eigenvalue weighted by atomic mass is 16.6. The van der Waals surface area contributed by atoms with E-state index in [0.717, 1.165) is 34.7 Å². The van der Waals surface area contributed by atoms with Gasteiger partial charge in [0.1, 0.15) is 11.5 Å². The van der Waals surface area contributed by atoms with E-state index in [4.69, 9.17) is 18.9 Å². The van der Waals surface area contributed by atoms with E-state index in [1.54, 1.807) is 7.11 Å². The topological polar surface area (TPSA) is 66.0 Å². The van der Waals surface area contributed by atoms with E-state index in [0.29, 0.717) is 26.4 Å². The highest BCUT2D eigenvalue weighted by molar-refractivity contribution is 5.89. The highest BCUT2D eigenvalue weighted by Gasteiger charge is 2.14. The minimum atomic E-state index is -0.0906. The first-order valence-corrected chi connectivity index (χ1v) is 9.03. The first-order valence-electron chi connectivity index (χ1n) is 9.03. The van der Waals surface area contributed by atoms with Crippen molar-refractivity contribution in [3.8, 4) is 22.6 Å². The number of benzene rings is 2. The fourth-order valence-corrected chi connectivity index (χ4v) is 2.90. The molecule has 1 unspecified atom stereocenters. The summed E-state index contributed by atoms with van der Waals surface area (Å²) in [6, 6.07) is 13.5. The van der Waals surface area contributed by atoms with Gasteiger partial charge in [-0.1, -0.05) is 12.1 Å². The van der Waals surface area contributed by atoms with Gasteiger partial charge in [-0.2, -0.15) is 0 Å². The molecule has 1 atom stereocenters. The molecule has 1 heterocycles. The fraction of sp³-hybridized carbons (Fsp3) is 0.381. The Kier molecular flexibility index (Phi) is 6.68. The van der Waals surface area contributed by atoms with Crippen molar-refractivity contribution in [3.05, 3.63) is 42.5 Å². The van der Waals surface area contributed by atoms with Crippen LogP contribution in [0.4, 0.5) is 5.69 Å². The summed E-state index contributed by atoms with van der Waals surface area (Å²) in [5, 5.41) is 2.77. The zero-order chi connectivity index (χ0) is 19.1. The van der Waals surface area contributed by atoms with Crippen LogP contribution in [0.3, 0.4) is 0 Å². The van der Waals surface area contributed by atoms with E-state index in [-0.39, 0.29) is 12.0 Å². The Morgan fingerprint density at radius 1 is 1.11 bits per heavy atom. The third-order valence-electron chi connectivity index (χ3n) is 4.25. The highest BCUT2D eigenvalue weighted by Crippen LogP contribution is 2.30. The molecule has 1 amide bonds. The number of ether oxygens (including phenoxy) is 4. The average Bonchev–Trinajstić information content (AvgIpc) is 2.68. The maximum absolute atomic E-state index is 11.2. The number of hydrogen-bond acceptors (Lipinski definition) is 5. The van der Waals surface area contributed by atoms with Gasteiger partial charge in [-0.25, -0.2) is 0 Å². The molecular formula is C21H25NO5. The van der Waals surface area contributed by atoms with Gasteiger partial charge in [0.25, 0.3) is 0 Å². The van der Waals surface area contributed by atoms with Crippen molar-refractivity contribution in [1.29, 1.82) is 0 Å². The van der Waals surface area contributed by atoms with Crippen molar-refractivity contribution in [2.24, 2.45) is 0 Å². The normalized spacial score (nSPS) is 16.6. The molecule has 2 aromatic rings. The van der Waals surface area contributed by atoms with Gasteiger partial charge in [0.15, 0.2) is 0 Å². The smallest absolute Gasteiger partial charge is 0.221 e. The quantitative estimate of drug-likeness (QED) is 0.807. The molecule has 0 bridgehead atoms. The standard InChI is InChI=1S/C21H25NO5/c1-15(23)22-18-5-3-16(4-6-18)17-11-20(24-2)13-21(12-17)26-8-7-19-14-25-9-10-27-19/h3-6,11-13,19H,7-10,14H2,1-2H3,(H,22,23). The molecule has 3 rings (SSSR count). The number of anilines is 1. The van der Waals surface area contributed by atoms with E-state index in [1.165, 1.54) is 6.92 Å². The molecule has 1 N–H and O–H groups in total. The van der Waals surface area contributed by atoms with E-state index in [1.807, 2.05) is 42.5 Å². The Morgan fingerprint density at radius 3 is 2.56 bits per heavy atom. The lowest BCUT2D eigenvalue weighted by molar-refractivity contribution is -0.114. The number of carbonyl (C=O) groups excluding carboxylic acids is 1. The summed E-state index contributed by atoms with van der Waals surface area (Å²) in [5.74, 6) is 1.38. The number of rotatable bonds is 7. The molecule has 0 aromatic heterocycles. The van der Waals surface area contributed by atoms with Crippen LogP contribution in [0.5, 0.6) is 11.5 Å². The number of amides is 1. The maximum atomic E-state index is 11.2. The minimum absolute atomic E-state index is 0.0881. The first kappa shape index (κ1) is 19.2. The monoisotopic (exact) mass is 371 g/mol. The Hall–Kier alpha value is -2.57. The molecule has 144 valence electrons. The third-order valence-corrected chi connectivity index (χ3v) is 4.25. The summed E-state index contributed by atoms with van der Waals surface area (Å²) in [6.07, 6.45) is 0.864. The molecule has 6 nitrogen and oxygen atoms in total. The lowest BCUT2D eigenvalue weighted by atomic mass is 10.0. The van der Waals surface area contributed by atoms with Gasteiger partial charge in [0.05, 0.1) is 39.6 Å². The predicted octanol–water partition coefficient (Wildman–Crippen LogP) is 3.50.